The van der Waals surface area contributed by atoms with Crippen LogP contribution in [0.15, 0.2) is 58.2 Å². The highest BCUT2D eigenvalue weighted by Gasteiger charge is 2.34. The van der Waals surface area contributed by atoms with Gasteiger partial charge in [-0.25, -0.2) is 0 Å². The number of Topliss-reactive ketones (excluding diaryl/α,β-unsaturated/α-hetero) is 1. The molecule has 2 aliphatic heterocycles. The SMILES string of the molecule is CC(=O)[C@@H]1CC(C(=O)NC[C@H](c2ccco2)N2CCCCC2)=NN1c1ccccc1. The number of likely N-dealkylation sites (tertiary alicyclic amines) is 1. The lowest BCUT2D eigenvalue weighted by atomic mass is 10.1. The van der Waals surface area contributed by atoms with Crippen molar-refractivity contribution in [3.63, 3.8) is 0 Å². The van der Waals surface area contributed by atoms with Gasteiger partial charge in [0.1, 0.15) is 17.5 Å². The van der Waals surface area contributed by atoms with Crippen LogP contribution in [0.5, 0.6) is 0 Å². The first-order valence-corrected chi connectivity index (χ1v) is 10.6. The zero-order chi connectivity index (χ0) is 20.9. The molecule has 30 heavy (non-hydrogen) atoms. The van der Waals surface area contributed by atoms with Crippen LogP contribution in [-0.4, -0.2) is 48.0 Å². The number of hydrogen-bond acceptors (Lipinski definition) is 6. The maximum atomic E-state index is 12.9. The summed E-state index contributed by atoms with van der Waals surface area (Å²) in [7, 11) is 0. The monoisotopic (exact) mass is 408 g/mol. The number of anilines is 1. The number of benzene rings is 1. The van der Waals surface area contributed by atoms with Crippen LogP contribution >= 0.6 is 0 Å². The second-order valence-electron chi connectivity index (χ2n) is 7.90. The van der Waals surface area contributed by atoms with Crippen LogP contribution < -0.4 is 10.3 Å². The molecular formula is C23H28N4O3. The fourth-order valence-corrected chi connectivity index (χ4v) is 4.19. The quantitative estimate of drug-likeness (QED) is 0.762. The molecule has 0 radical (unpaired) electrons. The minimum Gasteiger partial charge on any atom is -0.468 e. The number of carbonyl (C=O) groups is 2. The highest BCUT2D eigenvalue weighted by Crippen LogP contribution is 2.26. The Hall–Kier alpha value is -2.93. The summed E-state index contributed by atoms with van der Waals surface area (Å²) < 4.78 is 5.65. The summed E-state index contributed by atoms with van der Waals surface area (Å²) in [6.07, 6.45) is 5.54. The Kier molecular flexibility index (Phi) is 6.28. The molecule has 2 atom stereocenters. The van der Waals surface area contributed by atoms with Gasteiger partial charge < -0.3 is 9.73 Å². The fraction of sp³-hybridized carbons (Fsp3) is 0.435. The van der Waals surface area contributed by atoms with Crippen LogP contribution in [-0.2, 0) is 9.59 Å². The van der Waals surface area contributed by atoms with E-state index in [1.807, 2.05) is 42.5 Å². The molecule has 0 saturated carbocycles. The standard InChI is InChI=1S/C23H28N4O3/c1-17(28)20-15-19(25-27(20)18-9-4-2-5-10-18)23(29)24-16-21(22-11-8-14-30-22)26-12-6-3-7-13-26/h2,4-5,8-11,14,20-21H,3,6-7,12-13,15-16H2,1H3,(H,24,29)/t20-,21+/m0/s1. The first-order valence-electron chi connectivity index (χ1n) is 10.6. The van der Waals surface area contributed by atoms with E-state index in [0.717, 1.165) is 37.4 Å². The summed E-state index contributed by atoms with van der Waals surface area (Å²) >= 11 is 0. The zero-order valence-corrected chi connectivity index (χ0v) is 17.3. The topological polar surface area (TPSA) is 78.1 Å². The lowest BCUT2D eigenvalue weighted by molar-refractivity contribution is -0.118. The van der Waals surface area contributed by atoms with Crippen LogP contribution in [0, 0.1) is 0 Å². The largest absolute Gasteiger partial charge is 0.468 e. The molecule has 0 spiro atoms. The van der Waals surface area contributed by atoms with Gasteiger partial charge in [0.15, 0.2) is 5.78 Å². The van der Waals surface area contributed by atoms with E-state index in [0.29, 0.717) is 18.7 Å². The highest BCUT2D eigenvalue weighted by atomic mass is 16.3. The number of nitrogens with one attached hydrogen (secondary N) is 1. The Balaban J connectivity index is 1.46. The van der Waals surface area contributed by atoms with E-state index in [2.05, 4.69) is 15.3 Å². The van der Waals surface area contributed by atoms with Crippen molar-refractivity contribution in [1.29, 1.82) is 0 Å². The van der Waals surface area contributed by atoms with Crippen molar-refractivity contribution < 1.29 is 14.0 Å². The molecule has 2 aliphatic rings. The summed E-state index contributed by atoms with van der Waals surface area (Å²) in [5.74, 6) is 0.624. The number of amides is 1. The van der Waals surface area contributed by atoms with Gasteiger partial charge >= 0.3 is 0 Å². The molecule has 0 aliphatic carbocycles. The van der Waals surface area contributed by atoms with Gasteiger partial charge in [0.2, 0.25) is 0 Å². The van der Waals surface area contributed by atoms with Gasteiger partial charge in [-0.05, 0) is 57.1 Å². The zero-order valence-electron chi connectivity index (χ0n) is 17.3. The van der Waals surface area contributed by atoms with Crippen molar-refractivity contribution in [1.82, 2.24) is 10.2 Å². The molecule has 0 bridgehead atoms. The Bertz CT molecular complexity index is 888. The summed E-state index contributed by atoms with van der Waals surface area (Å²) in [4.78, 5) is 27.4. The fourth-order valence-electron chi connectivity index (χ4n) is 4.19. The number of ketones is 1. The molecular weight excluding hydrogens is 380 g/mol. The van der Waals surface area contributed by atoms with Crippen LogP contribution in [0.25, 0.3) is 0 Å². The second kappa shape index (κ2) is 9.26. The Morgan fingerprint density at radius 1 is 1.13 bits per heavy atom. The van der Waals surface area contributed by atoms with Crippen molar-refractivity contribution in [2.45, 2.75) is 44.7 Å². The minimum absolute atomic E-state index is 0.0000773. The minimum atomic E-state index is -0.448. The first-order chi connectivity index (χ1) is 14.6. The van der Waals surface area contributed by atoms with Gasteiger partial charge in [-0.1, -0.05) is 24.6 Å². The number of furan rings is 1. The third-order valence-corrected chi connectivity index (χ3v) is 5.82. The Morgan fingerprint density at radius 3 is 2.57 bits per heavy atom. The Labute approximate surface area is 176 Å². The van der Waals surface area contributed by atoms with Crippen molar-refractivity contribution in [2.24, 2.45) is 5.10 Å². The molecule has 2 aromatic rings. The predicted octanol–water partition coefficient (Wildman–Crippen LogP) is 3.15. The van der Waals surface area contributed by atoms with E-state index < -0.39 is 6.04 Å². The molecule has 3 heterocycles. The average molecular weight is 409 g/mol. The van der Waals surface area contributed by atoms with Crippen molar-refractivity contribution in [2.75, 3.05) is 24.6 Å². The van der Waals surface area contributed by atoms with Crippen LogP contribution in [0.1, 0.15) is 44.4 Å². The molecule has 7 heteroatoms. The maximum Gasteiger partial charge on any atom is 0.267 e. The van der Waals surface area contributed by atoms with Crippen molar-refractivity contribution in [3.8, 4) is 0 Å². The number of carbonyl (C=O) groups excluding carboxylic acids is 2. The van der Waals surface area contributed by atoms with E-state index in [1.54, 1.807) is 18.2 Å². The molecule has 7 nitrogen and oxygen atoms in total. The van der Waals surface area contributed by atoms with Crippen molar-refractivity contribution in [3.05, 3.63) is 54.5 Å². The lowest BCUT2D eigenvalue weighted by Gasteiger charge is -2.33. The number of para-hydroxylation sites is 1. The number of hydrazone groups is 1. The molecule has 1 amide bonds. The molecule has 1 saturated heterocycles. The van der Waals surface area contributed by atoms with E-state index in [1.165, 1.54) is 6.42 Å². The molecule has 1 fully saturated rings. The van der Waals surface area contributed by atoms with Crippen LogP contribution in [0.4, 0.5) is 5.69 Å². The van der Waals surface area contributed by atoms with Gasteiger partial charge in [-0.2, -0.15) is 5.10 Å². The molecule has 1 aromatic carbocycles. The molecule has 0 unspecified atom stereocenters. The summed E-state index contributed by atoms with van der Waals surface area (Å²) in [5.41, 5.74) is 1.19. The van der Waals surface area contributed by atoms with Gasteiger partial charge in [-0.3, -0.25) is 19.5 Å². The van der Waals surface area contributed by atoms with Gasteiger partial charge in [0.05, 0.1) is 18.0 Å². The first kappa shape index (κ1) is 20.3. The number of rotatable bonds is 7. The van der Waals surface area contributed by atoms with Crippen LogP contribution in [0.3, 0.4) is 0 Å². The van der Waals surface area contributed by atoms with Gasteiger partial charge in [0, 0.05) is 13.0 Å². The van der Waals surface area contributed by atoms with E-state index >= 15 is 0 Å². The van der Waals surface area contributed by atoms with E-state index in [4.69, 9.17) is 4.42 Å². The highest BCUT2D eigenvalue weighted by molar-refractivity contribution is 6.40. The van der Waals surface area contributed by atoms with E-state index in [-0.39, 0.29) is 17.7 Å². The number of hydrogen-bond donors (Lipinski definition) is 1. The summed E-state index contributed by atoms with van der Waals surface area (Å²) in [5, 5.41) is 9.19. The van der Waals surface area contributed by atoms with Crippen molar-refractivity contribution >= 4 is 23.1 Å². The lowest BCUT2D eigenvalue weighted by Crippen LogP contribution is -2.42. The number of nitrogens with zero attached hydrogens (tertiary/aromatic N) is 3. The van der Waals surface area contributed by atoms with E-state index in [9.17, 15) is 9.59 Å². The predicted molar refractivity (Wildman–Crippen MR) is 115 cm³/mol. The smallest absolute Gasteiger partial charge is 0.267 e. The maximum absolute atomic E-state index is 12.9. The van der Waals surface area contributed by atoms with Gasteiger partial charge in [-0.15, -0.1) is 0 Å². The summed E-state index contributed by atoms with van der Waals surface area (Å²) in [6.45, 7) is 3.98. The normalized spacial score (nSPS) is 20.6. The van der Waals surface area contributed by atoms with Crippen LogP contribution in [0.2, 0.25) is 0 Å². The molecule has 1 N–H and O–H groups in total. The van der Waals surface area contributed by atoms with Gasteiger partial charge in [0.25, 0.3) is 5.91 Å². The third kappa shape index (κ3) is 4.46. The second-order valence-corrected chi connectivity index (χ2v) is 7.90. The molecule has 4 rings (SSSR count). The third-order valence-electron chi connectivity index (χ3n) is 5.82. The molecule has 158 valence electrons. The summed E-state index contributed by atoms with van der Waals surface area (Å²) in [6, 6.07) is 12.9. The number of piperidine rings is 1. The Morgan fingerprint density at radius 2 is 1.90 bits per heavy atom. The molecule has 1 aromatic heterocycles. The average Bonchev–Trinajstić information content (AvgIpc) is 3.46.